The van der Waals surface area contributed by atoms with Crippen molar-refractivity contribution in [3.63, 3.8) is 0 Å². The zero-order chi connectivity index (χ0) is 21.7. The van der Waals surface area contributed by atoms with Crippen molar-refractivity contribution < 1.29 is 14.3 Å². The number of nitrogens with one attached hydrogen (secondary N) is 2. The highest BCUT2D eigenvalue weighted by Crippen LogP contribution is 2.21. The molecule has 1 aliphatic heterocycles. The Balaban J connectivity index is 1.70. The van der Waals surface area contributed by atoms with Crippen LogP contribution in [0.2, 0.25) is 0 Å². The van der Waals surface area contributed by atoms with Crippen LogP contribution in [0.25, 0.3) is 0 Å². The molecule has 3 rings (SSSR count). The van der Waals surface area contributed by atoms with Crippen LogP contribution >= 0.6 is 0 Å². The topological polar surface area (TPSA) is 86.3 Å². The number of carbonyl (C=O) groups excluding carboxylic acids is 2. The number of amides is 2. The Hall–Kier alpha value is -3.39. The third kappa shape index (κ3) is 4.77. The summed E-state index contributed by atoms with van der Waals surface area (Å²) in [7, 11) is 5.53. The van der Waals surface area contributed by atoms with E-state index >= 15 is 0 Å². The molecule has 0 aromatic heterocycles. The summed E-state index contributed by atoms with van der Waals surface area (Å²) in [5.74, 6) is 0.302. The van der Waals surface area contributed by atoms with Gasteiger partial charge in [-0.3, -0.25) is 15.0 Å². The van der Waals surface area contributed by atoms with Gasteiger partial charge in [-0.25, -0.2) is 10.0 Å². The molecule has 1 aliphatic rings. The van der Waals surface area contributed by atoms with E-state index in [4.69, 9.17) is 4.74 Å². The van der Waals surface area contributed by atoms with Gasteiger partial charge in [0, 0.05) is 6.54 Å². The largest absolute Gasteiger partial charge is 0.497 e. The van der Waals surface area contributed by atoms with E-state index in [1.54, 1.807) is 26.2 Å². The van der Waals surface area contributed by atoms with Crippen molar-refractivity contribution in [2.75, 3.05) is 32.8 Å². The third-order valence-corrected chi connectivity index (χ3v) is 4.93. The Bertz CT molecular complexity index is 912. The summed E-state index contributed by atoms with van der Waals surface area (Å²) in [4.78, 5) is 31.6. The minimum atomic E-state index is -0.654. The summed E-state index contributed by atoms with van der Waals surface area (Å²) in [6.07, 6.45) is 0. The first-order valence-electron chi connectivity index (χ1n) is 9.72. The molecule has 2 aromatic rings. The first kappa shape index (κ1) is 21.3. The van der Waals surface area contributed by atoms with Gasteiger partial charge in [0.15, 0.2) is 0 Å². The van der Waals surface area contributed by atoms with E-state index in [0.29, 0.717) is 12.2 Å². The fraction of sp³-hybridized carbons (Fsp3) is 0.318. The van der Waals surface area contributed by atoms with Gasteiger partial charge in [0.1, 0.15) is 11.8 Å². The van der Waals surface area contributed by atoms with Crippen molar-refractivity contribution in [2.24, 2.45) is 4.99 Å². The Morgan fingerprint density at radius 2 is 1.87 bits per heavy atom. The van der Waals surface area contributed by atoms with Gasteiger partial charge in [-0.2, -0.15) is 0 Å². The molecule has 8 nitrogen and oxygen atoms in total. The van der Waals surface area contributed by atoms with E-state index in [-0.39, 0.29) is 23.7 Å². The first-order chi connectivity index (χ1) is 14.4. The Morgan fingerprint density at radius 3 is 2.47 bits per heavy atom. The monoisotopic (exact) mass is 409 g/mol. The van der Waals surface area contributed by atoms with Crippen LogP contribution in [-0.2, 0) is 9.59 Å². The van der Waals surface area contributed by atoms with Gasteiger partial charge >= 0.3 is 0 Å². The molecule has 0 fully saturated rings. The van der Waals surface area contributed by atoms with Crippen molar-refractivity contribution in [2.45, 2.75) is 19.0 Å². The summed E-state index contributed by atoms with van der Waals surface area (Å²) in [6, 6.07) is 16.2. The van der Waals surface area contributed by atoms with Crippen LogP contribution in [0.1, 0.15) is 18.5 Å². The van der Waals surface area contributed by atoms with Crippen LogP contribution in [-0.4, -0.2) is 56.3 Å². The van der Waals surface area contributed by atoms with E-state index in [1.165, 1.54) is 5.01 Å². The molecular weight excluding hydrogens is 382 g/mol. The molecule has 0 saturated carbocycles. The molecule has 0 aliphatic carbocycles. The maximum Gasteiger partial charge on any atom is 0.288 e. The summed E-state index contributed by atoms with van der Waals surface area (Å²) in [6.45, 7) is 2.05. The maximum absolute atomic E-state index is 12.8. The molecule has 2 unspecified atom stereocenters. The summed E-state index contributed by atoms with van der Waals surface area (Å²) < 4.78 is 5.21. The maximum atomic E-state index is 12.8. The zero-order valence-corrected chi connectivity index (χ0v) is 17.6. The number of hydrogen-bond donors (Lipinski definition) is 2. The van der Waals surface area contributed by atoms with E-state index < -0.39 is 6.04 Å². The van der Waals surface area contributed by atoms with Crippen LogP contribution in [0.4, 0.5) is 5.69 Å². The first-order valence-corrected chi connectivity index (χ1v) is 9.72. The number of benzene rings is 2. The van der Waals surface area contributed by atoms with Gasteiger partial charge in [-0.15, -0.1) is 0 Å². The number of likely N-dealkylation sites (N-methyl/N-ethyl adjacent to an activating group) is 1. The van der Waals surface area contributed by atoms with Gasteiger partial charge in [0.25, 0.3) is 11.8 Å². The average molecular weight is 409 g/mol. The number of hydrogen-bond acceptors (Lipinski definition) is 6. The highest BCUT2D eigenvalue weighted by atomic mass is 16.5. The van der Waals surface area contributed by atoms with Crippen molar-refractivity contribution >= 4 is 23.3 Å². The van der Waals surface area contributed by atoms with Gasteiger partial charge in [0.2, 0.25) is 5.84 Å². The number of hydrazine groups is 1. The molecular formula is C22H27N5O3. The second kappa shape index (κ2) is 9.41. The highest BCUT2D eigenvalue weighted by molar-refractivity contribution is 6.39. The predicted molar refractivity (Wildman–Crippen MR) is 116 cm³/mol. The molecule has 30 heavy (non-hydrogen) atoms. The molecule has 0 spiro atoms. The Kier molecular flexibility index (Phi) is 6.68. The lowest BCUT2D eigenvalue weighted by molar-refractivity contribution is -0.120. The summed E-state index contributed by atoms with van der Waals surface area (Å²) in [5.41, 5.74) is 4.55. The fourth-order valence-corrected chi connectivity index (χ4v) is 3.20. The highest BCUT2D eigenvalue weighted by Gasteiger charge is 2.31. The second-order valence-electron chi connectivity index (χ2n) is 7.24. The number of para-hydroxylation sites is 1. The molecule has 2 aromatic carbocycles. The number of rotatable bonds is 7. The number of anilines is 1. The molecule has 0 radical (unpaired) electrons. The number of aliphatic imine (C=N–C) groups is 1. The minimum absolute atomic E-state index is 0.0340. The molecule has 158 valence electrons. The lowest BCUT2D eigenvalue weighted by Gasteiger charge is -2.31. The number of methoxy groups -OCH3 is 1. The second-order valence-corrected chi connectivity index (χ2v) is 7.24. The normalized spacial score (nSPS) is 17.2. The van der Waals surface area contributed by atoms with E-state index in [0.717, 1.165) is 11.3 Å². The van der Waals surface area contributed by atoms with Crippen molar-refractivity contribution in [1.29, 1.82) is 0 Å². The number of nitrogens with zero attached hydrogens (tertiary/aromatic N) is 3. The smallest absolute Gasteiger partial charge is 0.288 e. The number of amidine groups is 1. The minimum Gasteiger partial charge on any atom is -0.497 e. The zero-order valence-electron chi connectivity index (χ0n) is 17.6. The number of carbonyl (C=O) groups is 2. The third-order valence-electron chi connectivity index (χ3n) is 4.93. The van der Waals surface area contributed by atoms with Crippen molar-refractivity contribution in [1.82, 2.24) is 15.6 Å². The molecule has 1 heterocycles. The molecule has 8 heteroatoms. The summed E-state index contributed by atoms with van der Waals surface area (Å²) in [5, 5.41) is 4.29. The van der Waals surface area contributed by atoms with E-state index in [9.17, 15) is 9.59 Å². The predicted octanol–water partition coefficient (Wildman–Crippen LogP) is 1.75. The fourth-order valence-electron chi connectivity index (χ4n) is 3.20. The van der Waals surface area contributed by atoms with Crippen LogP contribution in [0.5, 0.6) is 5.75 Å². The van der Waals surface area contributed by atoms with Crippen molar-refractivity contribution in [3.8, 4) is 5.75 Å². The molecule has 0 bridgehead atoms. The molecule has 2 atom stereocenters. The van der Waals surface area contributed by atoms with E-state index in [2.05, 4.69) is 15.7 Å². The standard InChI is InChI=1S/C22H27N5O3/c1-15-22(29)27(17-8-6-5-7-9-17)25-20(24-15)21(28)23-14-19(26(2)3)16-10-12-18(30-4)13-11-16/h5-13,15,19H,14H2,1-4H3,(H,23,28)(H,24,25). The molecule has 2 N–H and O–H groups in total. The van der Waals surface area contributed by atoms with Gasteiger partial charge in [-0.05, 0) is 50.8 Å². The summed E-state index contributed by atoms with van der Waals surface area (Å²) >= 11 is 0. The van der Waals surface area contributed by atoms with Crippen molar-refractivity contribution in [3.05, 3.63) is 60.2 Å². The van der Waals surface area contributed by atoms with Crippen LogP contribution in [0.15, 0.2) is 59.6 Å². The average Bonchev–Trinajstić information content (AvgIpc) is 2.76. The molecule has 2 amide bonds. The van der Waals surface area contributed by atoms with Crippen LogP contribution < -0.4 is 20.5 Å². The van der Waals surface area contributed by atoms with Gasteiger partial charge in [-0.1, -0.05) is 30.3 Å². The molecule has 0 saturated heterocycles. The van der Waals surface area contributed by atoms with Crippen LogP contribution in [0.3, 0.4) is 0 Å². The number of ether oxygens (including phenoxy) is 1. The van der Waals surface area contributed by atoms with Crippen LogP contribution in [0, 0.1) is 0 Å². The van der Waals surface area contributed by atoms with E-state index in [1.807, 2.05) is 61.5 Å². The van der Waals surface area contributed by atoms with Gasteiger partial charge in [0.05, 0.1) is 18.8 Å². The Labute approximate surface area is 176 Å². The lowest BCUT2D eigenvalue weighted by Crippen LogP contribution is -2.58. The lowest BCUT2D eigenvalue weighted by atomic mass is 10.1. The quantitative estimate of drug-likeness (QED) is 0.728. The Morgan fingerprint density at radius 1 is 1.20 bits per heavy atom. The van der Waals surface area contributed by atoms with Gasteiger partial charge < -0.3 is 15.0 Å². The SMILES string of the molecule is COc1ccc(C(CNC(=O)C2=NC(C)C(=O)N(c3ccccc3)N2)N(C)C)cc1.